The molecule has 2 N–H and O–H groups in total. The number of hydrogen-bond donors (Lipinski definition) is 2. The van der Waals surface area contributed by atoms with Gasteiger partial charge in [-0.2, -0.15) is 0 Å². The molecule has 4 heteroatoms. The van der Waals surface area contributed by atoms with E-state index in [1.807, 2.05) is 42.5 Å². The van der Waals surface area contributed by atoms with E-state index in [1.54, 1.807) is 12.1 Å². The van der Waals surface area contributed by atoms with Gasteiger partial charge in [-0.3, -0.25) is 4.79 Å². The molecule has 3 nitrogen and oxygen atoms in total. The van der Waals surface area contributed by atoms with E-state index in [-0.39, 0.29) is 17.2 Å². The highest BCUT2D eigenvalue weighted by Crippen LogP contribution is 2.23. The predicted molar refractivity (Wildman–Crippen MR) is 92.7 cm³/mol. The Balaban J connectivity index is 1.90. The highest BCUT2D eigenvalue weighted by molar-refractivity contribution is 14.1. The lowest BCUT2D eigenvalue weighted by Gasteiger charge is -2.08. The summed E-state index contributed by atoms with van der Waals surface area (Å²) in [5.41, 5.74) is 0.979. The van der Waals surface area contributed by atoms with Gasteiger partial charge in [0, 0.05) is 9.26 Å². The molecular weight excluding hydrogens is 377 g/mol. The van der Waals surface area contributed by atoms with Gasteiger partial charge in [-0.25, -0.2) is 0 Å². The zero-order valence-electron chi connectivity index (χ0n) is 11.0. The molecular formula is C17H12INO2. The fraction of sp³-hybridized carbons (Fsp3) is 0. The topological polar surface area (TPSA) is 49.3 Å². The number of benzene rings is 3. The molecule has 0 aliphatic rings. The molecule has 0 saturated heterocycles. The quantitative estimate of drug-likeness (QED) is 0.639. The Hall–Kier alpha value is -2.08. The van der Waals surface area contributed by atoms with Gasteiger partial charge in [0.25, 0.3) is 5.91 Å². The Bertz CT molecular complexity index is 830. The lowest BCUT2D eigenvalue weighted by atomic mass is 10.1. The molecule has 1 amide bonds. The Morgan fingerprint density at radius 3 is 2.52 bits per heavy atom. The molecule has 0 aromatic heterocycles. The van der Waals surface area contributed by atoms with Gasteiger partial charge in [0.05, 0.1) is 5.56 Å². The molecule has 0 saturated carbocycles. The number of hydrogen-bond acceptors (Lipinski definition) is 2. The summed E-state index contributed by atoms with van der Waals surface area (Å²) in [5, 5.41) is 14.8. The first kappa shape index (κ1) is 13.9. The van der Waals surface area contributed by atoms with Crippen LogP contribution in [0, 0.1) is 3.57 Å². The van der Waals surface area contributed by atoms with E-state index in [0.717, 1.165) is 14.3 Å². The van der Waals surface area contributed by atoms with Crippen molar-refractivity contribution < 1.29 is 9.90 Å². The van der Waals surface area contributed by atoms with Crippen LogP contribution in [0.25, 0.3) is 10.8 Å². The van der Waals surface area contributed by atoms with Gasteiger partial charge in [0.15, 0.2) is 0 Å². The highest BCUT2D eigenvalue weighted by Gasteiger charge is 2.12. The van der Waals surface area contributed by atoms with Crippen molar-refractivity contribution in [3.05, 3.63) is 69.8 Å². The number of rotatable bonds is 2. The summed E-state index contributed by atoms with van der Waals surface area (Å²) in [6, 6.07) is 18.6. The molecule has 0 unspecified atom stereocenters. The molecule has 3 rings (SSSR count). The molecule has 3 aromatic rings. The summed E-state index contributed by atoms with van der Waals surface area (Å²) in [5.74, 6) is -0.338. The number of phenols is 1. The normalized spacial score (nSPS) is 10.5. The summed E-state index contributed by atoms with van der Waals surface area (Å²) in [6.45, 7) is 0. The first-order chi connectivity index (χ1) is 10.1. The van der Waals surface area contributed by atoms with E-state index >= 15 is 0 Å². The van der Waals surface area contributed by atoms with E-state index in [2.05, 4.69) is 27.9 Å². The summed E-state index contributed by atoms with van der Waals surface area (Å²) < 4.78 is 0.897. The number of nitrogens with one attached hydrogen (secondary N) is 1. The van der Waals surface area contributed by atoms with E-state index in [0.29, 0.717) is 5.69 Å². The van der Waals surface area contributed by atoms with Gasteiger partial charge >= 0.3 is 0 Å². The Kier molecular flexibility index (Phi) is 3.79. The van der Waals surface area contributed by atoms with E-state index in [1.165, 1.54) is 6.07 Å². The molecule has 104 valence electrons. The molecule has 0 aliphatic heterocycles. The molecule has 0 aliphatic carbocycles. The summed E-state index contributed by atoms with van der Waals surface area (Å²) in [7, 11) is 0. The average molecular weight is 389 g/mol. The second kappa shape index (κ2) is 5.73. The first-order valence-electron chi connectivity index (χ1n) is 6.42. The zero-order valence-corrected chi connectivity index (χ0v) is 13.2. The number of fused-ring (bicyclic) bond motifs is 1. The number of amides is 1. The lowest BCUT2D eigenvalue weighted by molar-refractivity contribution is 0.102. The van der Waals surface area contributed by atoms with Crippen molar-refractivity contribution in [2.75, 3.05) is 5.32 Å². The molecule has 21 heavy (non-hydrogen) atoms. The van der Waals surface area contributed by atoms with Crippen LogP contribution in [0.4, 0.5) is 5.69 Å². The molecule has 0 radical (unpaired) electrons. The van der Waals surface area contributed by atoms with E-state index in [4.69, 9.17) is 0 Å². The molecule has 0 bridgehead atoms. The van der Waals surface area contributed by atoms with Crippen LogP contribution in [0.15, 0.2) is 60.7 Å². The second-order valence-corrected chi connectivity index (χ2v) is 5.92. The molecule has 0 spiro atoms. The van der Waals surface area contributed by atoms with Crippen molar-refractivity contribution in [2.24, 2.45) is 0 Å². The largest absolute Gasteiger partial charge is 0.507 e. The Labute approximate surface area is 135 Å². The average Bonchev–Trinajstić information content (AvgIpc) is 2.49. The fourth-order valence-electron chi connectivity index (χ4n) is 2.16. The third-order valence-corrected chi connectivity index (χ3v) is 3.88. The van der Waals surface area contributed by atoms with Gasteiger partial charge < -0.3 is 10.4 Å². The van der Waals surface area contributed by atoms with Crippen molar-refractivity contribution in [3.63, 3.8) is 0 Å². The van der Waals surface area contributed by atoms with Crippen molar-refractivity contribution in [3.8, 4) is 5.75 Å². The first-order valence-corrected chi connectivity index (χ1v) is 7.50. The minimum Gasteiger partial charge on any atom is -0.507 e. The Morgan fingerprint density at radius 1 is 0.952 bits per heavy atom. The maximum atomic E-state index is 12.2. The van der Waals surface area contributed by atoms with Crippen molar-refractivity contribution in [1.29, 1.82) is 0 Å². The number of phenolic OH excluding ortho intramolecular Hbond substituents is 1. The van der Waals surface area contributed by atoms with Gasteiger partial charge in [0.1, 0.15) is 5.75 Å². The van der Waals surface area contributed by atoms with Gasteiger partial charge in [-0.1, -0.05) is 30.3 Å². The van der Waals surface area contributed by atoms with Crippen molar-refractivity contribution in [2.45, 2.75) is 0 Å². The number of halogens is 1. The third-order valence-electron chi connectivity index (χ3n) is 3.21. The van der Waals surface area contributed by atoms with Gasteiger partial charge in [-0.15, -0.1) is 0 Å². The summed E-state index contributed by atoms with van der Waals surface area (Å²) >= 11 is 2.11. The maximum Gasteiger partial charge on any atom is 0.259 e. The lowest BCUT2D eigenvalue weighted by Crippen LogP contribution is -2.12. The molecule has 3 aromatic carbocycles. The van der Waals surface area contributed by atoms with Crippen LogP contribution in [0.2, 0.25) is 0 Å². The highest BCUT2D eigenvalue weighted by atomic mass is 127. The Morgan fingerprint density at radius 2 is 1.71 bits per heavy atom. The zero-order chi connectivity index (χ0) is 14.8. The van der Waals surface area contributed by atoms with E-state index < -0.39 is 0 Å². The fourth-order valence-corrected chi connectivity index (χ4v) is 2.65. The van der Waals surface area contributed by atoms with Crippen molar-refractivity contribution in [1.82, 2.24) is 0 Å². The molecule has 0 atom stereocenters. The van der Waals surface area contributed by atoms with Crippen LogP contribution in [0.5, 0.6) is 5.75 Å². The minimum atomic E-state index is -0.318. The smallest absolute Gasteiger partial charge is 0.259 e. The van der Waals surface area contributed by atoms with Crippen LogP contribution < -0.4 is 5.32 Å². The van der Waals surface area contributed by atoms with Crippen LogP contribution in [-0.4, -0.2) is 11.0 Å². The maximum absolute atomic E-state index is 12.2. The molecule has 0 fully saturated rings. The van der Waals surface area contributed by atoms with Gasteiger partial charge in [0.2, 0.25) is 0 Å². The van der Waals surface area contributed by atoms with Gasteiger partial charge in [-0.05, 0) is 63.7 Å². The number of carbonyl (C=O) groups is 1. The van der Waals surface area contributed by atoms with Crippen LogP contribution in [0.3, 0.4) is 0 Å². The molecule has 0 heterocycles. The predicted octanol–water partition coefficient (Wildman–Crippen LogP) is 4.40. The summed E-state index contributed by atoms with van der Waals surface area (Å²) in [4.78, 5) is 12.2. The standard InChI is InChI=1S/C17H12INO2/c18-13-6-8-16(20)15(10-13)17(21)19-14-7-5-11-3-1-2-4-12(11)9-14/h1-10,20H,(H,19,21). The summed E-state index contributed by atoms with van der Waals surface area (Å²) in [6.07, 6.45) is 0. The SMILES string of the molecule is O=C(Nc1ccc2ccccc2c1)c1cc(I)ccc1O. The number of carbonyl (C=O) groups excluding carboxylic acids is 1. The van der Waals surface area contributed by atoms with Crippen LogP contribution >= 0.6 is 22.6 Å². The third kappa shape index (κ3) is 3.00. The number of anilines is 1. The number of aromatic hydroxyl groups is 1. The monoisotopic (exact) mass is 389 g/mol. The van der Waals surface area contributed by atoms with Crippen LogP contribution in [0.1, 0.15) is 10.4 Å². The minimum absolute atomic E-state index is 0.0197. The second-order valence-electron chi connectivity index (χ2n) is 4.68. The van der Waals surface area contributed by atoms with Crippen molar-refractivity contribution >= 4 is 45.0 Å². The van der Waals surface area contributed by atoms with E-state index in [9.17, 15) is 9.90 Å². The van der Waals surface area contributed by atoms with Crippen LogP contribution in [-0.2, 0) is 0 Å².